The first-order valence-corrected chi connectivity index (χ1v) is 4.65. The third-order valence-electron chi connectivity index (χ3n) is 2.28. The molecule has 0 aliphatic heterocycles. The first kappa shape index (κ1) is 11.7. The summed E-state index contributed by atoms with van der Waals surface area (Å²) in [4.78, 5) is 11.1. The number of phenols is 1. The number of ether oxygens (including phenoxy) is 1. The van der Waals surface area contributed by atoms with Crippen molar-refractivity contribution < 1.29 is 14.6 Å². The van der Waals surface area contributed by atoms with Gasteiger partial charge in [-0.15, -0.1) is 0 Å². The Hall–Kier alpha value is -1.42. The summed E-state index contributed by atoms with van der Waals surface area (Å²) < 4.78 is 4.96. The largest absolute Gasteiger partial charge is 0.504 e. The van der Waals surface area contributed by atoms with Crippen LogP contribution >= 0.6 is 11.6 Å². The third kappa shape index (κ3) is 1.72. The Labute approximate surface area is 92.6 Å². The summed E-state index contributed by atoms with van der Waals surface area (Å²) in [7, 11) is 1.39. The van der Waals surface area contributed by atoms with Gasteiger partial charge in [-0.1, -0.05) is 11.6 Å². The number of carbonyl (C=O) groups is 1. The van der Waals surface area contributed by atoms with E-state index in [0.717, 1.165) is 0 Å². The second-order valence-corrected chi connectivity index (χ2v) is 3.56. The van der Waals surface area contributed by atoms with Crippen LogP contribution in [0.5, 0.6) is 11.5 Å². The molecule has 0 spiro atoms. The third-order valence-corrected chi connectivity index (χ3v) is 2.84. The predicted molar refractivity (Wildman–Crippen MR) is 57.7 cm³/mol. The monoisotopic (exact) mass is 229 g/mol. The lowest BCUT2D eigenvalue weighted by molar-refractivity contribution is 0.0996. The van der Waals surface area contributed by atoms with Gasteiger partial charge in [-0.25, -0.2) is 0 Å². The number of aromatic hydroxyl groups is 1. The molecule has 0 aliphatic rings. The lowest BCUT2D eigenvalue weighted by Gasteiger charge is -2.14. The van der Waals surface area contributed by atoms with Crippen LogP contribution in [0.15, 0.2) is 0 Å². The quantitative estimate of drug-likeness (QED) is 0.812. The van der Waals surface area contributed by atoms with Crippen molar-refractivity contribution in [1.82, 2.24) is 0 Å². The summed E-state index contributed by atoms with van der Waals surface area (Å²) in [6, 6.07) is 0. The minimum atomic E-state index is -0.731. The molecule has 1 amide bonds. The molecule has 1 aromatic carbocycles. The molecule has 0 bridgehead atoms. The Balaban J connectivity index is 3.68. The zero-order chi connectivity index (χ0) is 11.7. The molecule has 3 N–H and O–H groups in total. The molecule has 1 rings (SSSR count). The highest BCUT2D eigenvalue weighted by Crippen LogP contribution is 2.40. The Kier molecular flexibility index (Phi) is 3.09. The number of hydrogen-bond acceptors (Lipinski definition) is 3. The van der Waals surface area contributed by atoms with E-state index in [0.29, 0.717) is 16.1 Å². The van der Waals surface area contributed by atoms with Gasteiger partial charge in [-0.3, -0.25) is 4.79 Å². The number of hydrogen-bond donors (Lipinski definition) is 2. The van der Waals surface area contributed by atoms with Gasteiger partial charge in [0.15, 0.2) is 11.5 Å². The highest BCUT2D eigenvalue weighted by atomic mass is 35.5. The molecule has 0 saturated carbocycles. The minimum Gasteiger partial charge on any atom is -0.504 e. The molecule has 0 saturated heterocycles. The fourth-order valence-electron chi connectivity index (χ4n) is 1.51. The average molecular weight is 230 g/mol. The summed E-state index contributed by atoms with van der Waals surface area (Å²) >= 11 is 5.98. The summed E-state index contributed by atoms with van der Waals surface area (Å²) in [5.41, 5.74) is 6.19. The molecule has 0 fully saturated rings. The van der Waals surface area contributed by atoms with Crippen molar-refractivity contribution in [2.45, 2.75) is 13.8 Å². The number of benzene rings is 1. The molecule has 0 unspecified atom stereocenters. The van der Waals surface area contributed by atoms with Crippen molar-refractivity contribution in [3.05, 3.63) is 21.7 Å². The molecular formula is C10H12ClNO3. The first-order valence-electron chi connectivity index (χ1n) is 4.27. The molecule has 0 aromatic heterocycles. The van der Waals surface area contributed by atoms with E-state index >= 15 is 0 Å². The smallest absolute Gasteiger partial charge is 0.252 e. The van der Waals surface area contributed by atoms with Gasteiger partial charge in [0.1, 0.15) is 0 Å². The van der Waals surface area contributed by atoms with E-state index in [1.54, 1.807) is 13.8 Å². The molecule has 15 heavy (non-hydrogen) atoms. The molecule has 0 aliphatic carbocycles. The van der Waals surface area contributed by atoms with E-state index in [2.05, 4.69) is 0 Å². The molecule has 4 nitrogen and oxygen atoms in total. The molecule has 82 valence electrons. The van der Waals surface area contributed by atoms with Gasteiger partial charge in [0.2, 0.25) is 0 Å². The Bertz CT molecular complexity index is 429. The molecule has 0 heterocycles. The Morgan fingerprint density at radius 2 is 1.93 bits per heavy atom. The number of carbonyl (C=O) groups excluding carboxylic acids is 1. The summed E-state index contributed by atoms with van der Waals surface area (Å²) in [5.74, 6) is -0.811. The van der Waals surface area contributed by atoms with Crippen molar-refractivity contribution >= 4 is 17.5 Å². The fourth-order valence-corrected chi connectivity index (χ4v) is 1.69. The second kappa shape index (κ2) is 3.98. The van der Waals surface area contributed by atoms with Crippen LogP contribution in [0.2, 0.25) is 5.02 Å². The minimum absolute atomic E-state index is 0.00227. The Morgan fingerprint density at radius 3 is 2.33 bits per heavy atom. The van der Waals surface area contributed by atoms with Crippen molar-refractivity contribution in [2.75, 3.05) is 7.11 Å². The van der Waals surface area contributed by atoms with Gasteiger partial charge in [-0.05, 0) is 19.4 Å². The molecular weight excluding hydrogens is 218 g/mol. The topological polar surface area (TPSA) is 72.5 Å². The maximum absolute atomic E-state index is 11.1. The summed E-state index contributed by atoms with van der Waals surface area (Å²) in [5, 5.41) is 10.1. The molecule has 5 heteroatoms. The van der Waals surface area contributed by atoms with Crippen LogP contribution in [0, 0.1) is 13.8 Å². The van der Waals surface area contributed by atoms with Crippen LogP contribution in [0.4, 0.5) is 0 Å². The summed E-state index contributed by atoms with van der Waals surface area (Å²) in [6.45, 7) is 3.31. The van der Waals surface area contributed by atoms with E-state index in [1.165, 1.54) is 7.11 Å². The van der Waals surface area contributed by atoms with Gasteiger partial charge in [0.05, 0.1) is 17.7 Å². The number of amides is 1. The van der Waals surface area contributed by atoms with Crippen molar-refractivity contribution in [2.24, 2.45) is 5.73 Å². The van der Waals surface area contributed by atoms with Gasteiger partial charge < -0.3 is 15.6 Å². The lowest BCUT2D eigenvalue weighted by Crippen LogP contribution is -2.14. The van der Waals surface area contributed by atoms with Crippen LogP contribution < -0.4 is 10.5 Å². The van der Waals surface area contributed by atoms with E-state index < -0.39 is 5.91 Å². The van der Waals surface area contributed by atoms with Crippen molar-refractivity contribution in [3.63, 3.8) is 0 Å². The normalized spacial score (nSPS) is 10.1. The second-order valence-electron chi connectivity index (χ2n) is 3.19. The first-order chi connectivity index (χ1) is 6.91. The SMILES string of the molecule is COc1c(C)c(Cl)c(C)c(C(N)=O)c1O. The number of methoxy groups -OCH3 is 1. The van der Waals surface area contributed by atoms with Gasteiger partial charge in [0, 0.05) is 5.56 Å². The van der Waals surface area contributed by atoms with Crippen LogP contribution in [0.25, 0.3) is 0 Å². The van der Waals surface area contributed by atoms with Gasteiger partial charge >= 0.3 is 0 Å². The van der Waals surface area contributed by atoms with Crippen molar-refractivity contribution in [3.8, 4) is 11.5 Å². The van der Waals surface area contributed by atoms with E-state index in [1.807, 2.05) is 0 Å². The molecule has 0 atom stereocenters. The van der Waals surface area contributed by atoms with E-state index in [4.69, 9.17) is 22.1 Å². The van der Waals surface area contributed by atoms with Crippen LogP contribution in [0.3, 0.4) is 0 Å². The zero-order valence-corrected chi connectivity index (χ0v) is 9.47. The fraction of sp³-hybridized carbons (Fsp3) is 0.300. The van der Waals surface area contributed by atoms with Crippen LogP contribution in [-0.2, 0) is 0 Å². The summed E-state index contributed by atoms with van der Waals surface area (Å²) in [6.07, 6.45) is 0. The number of halogens is 1. The molecule has 0 radical (unpaired) electrons. The van der Waals surface area contributed by atoms with E-state index in [-0.39, 0.29) is 17.1 Å². The zero-order valence-electron chi connectivity index (χ0n) is 8.72. The van der Waals surface area contributed by atoms with Gasteiger partial charge in [-0.2, -0.15) is 0 Å². The molecule has 1 aromatic rings. The van der Waals surface area contributed by atoms with Crippen LogP contribution in [0.1, 0.15) is 21.5 Å². The highest BCUT2D eigenvalue weighted by Gasteiger charge is 2.21. The number of primary amides is 1. The lowest BCUT2D eigenvalue weighted by atomic mass is 10.0. The average Bonchev–Trinajstić information content (AvgIpc) is 2.15. The number of nitrogens with two attached hydrogens (primary N) is 1. The standard InChI is InChI=1S/C10H12ClNO3/c1-4-6(10(12)14)8(13)9(15-3)5(2)7(4)11/h13H,1-3H3,(H2,12,14). The predicted octanol–water partition coefficient (Wildman–Crippen LogP) is 1.77. The van der Waals surface area contributed by atoms with Crippen molar-refractivity contribution in [1.29, 1.82) is 0 Å². The maximum atomic E-state index is 11.1. The highest BCUT2D eigenvalue weighted by molar-refractivity contribution is 6.33. The van der Waals surface area contributed by atoms with Crippen LogP contribution in [-0.4, -0.2) is 18.1 Å². The van der Waals surface area contributed by atoms with Gasteiger partial charge in [0.25, 0.3) is 5.91 Å². The number of rotatable bonds is 2. The van der Waals surface area contributed by atoms with E-state index in [9.17, 15) is 9.90 Å². The Morgan fingerprint density at radius 1 is 1.40 bits per heavy atom. The maximum Gasteiger partial charge on any atom is 0.252 e.